The maximum atomic E-state index is 13.9. The lowest BCUT2D eigenvalue weighted by Crippen LogP contribution is -2.59. The first-order valence-electron chi connectivity index (χ1n) is 6.35. The van der Waals surface area contributed by atoms with Crippen LogP contribution >= 0.6 is 0 Å². The average molecular weight is 284 g/mol. The van der Waals surface area contributed by atoms with E-state index in [9.17, 15) is 13.6 Å². The van der Waals surface area contributed by atoms with Crippen molar-refractivity contribution < 1.29 is 23.0 Å². The highest BCUT2D eigenvalue weighted by Crippen LogP contribution is 2.39. The monoisotopic (exact) mass is 284 g/mol. The summed E-state index contributed by atoms with van der Waals surface area (Å²) in [5.41, 5.74) is 4.97. The van der Waals surface area contributed by atoms with Gasteiger partial charge in [-0.15, -0.1) is 0 Å². The van der Waals surface area contributed by atoms with Crippen LogP contribution in [0.4, 0.5) is 14.5 Å². The second kappa shape index (κ2) is 4.68. The molecule has 2 heterocycles. The molecule has 5 nitrogen and oxygen atoms in total. The normalized spacial score (nSPS) is 24.6. The van der Waals surface area contributed by atoms with Crippen molar-refractivity contribution in [2.45, 2.75) is 24.5 Å². The maximum absolute atomic E-state index is 13.9. The second-order valence-electron chi connectivity index (χ2n) is 4.98. The van der Waals surface area contributed by atoms with Crippen LogP contribution in [0.15, 0.2) is 12.1 Å². The number of hydrogen-bond donors (Lipinski definition) is 2. The largest absolute Gasteiger partial charge is 0.480 e. The molecular weight excluding hydrogens is 270 g/mol. The minimum Gasteiger partial charge on any atom is -0.480 e. The number of carbonyl (C=O) groups is 1. The fourth-order valence-electron chi connectivity index (χ4n) is 2.58. The minimum absolute atomic E-state index is 0.0905. The lowest BCUT2D eigenvalue weighted by atomic mass is 9.86. The van der Waals surface area contributed by atoms with E-state index in [0.717, 1.165) is 6.07 Å². The third kappa shape index (κ3) is 1.94. The summed E-state index contributed by atoms with van der Waals surface area (Å²) in [6.45, 7) is 0.709. The Hall–Kier alpha value is -1.73. The molecule has 2 aliphatic rings. The Labute approximate surface area is 114 Å². The molecule has 1 saturated heterocycles. The van der Waals surface area contributed by atoms with Crippen molar-refractivity contribution in [2.24, 2.45) is 5.73 Å². The molecule has 3 N–H and O–H groups in total. The maximum Gasteiger partial charge on any atom is 0.245 e. The number of nitrogens with one attached hydrogen (secondary N) is 1. The molecule has 1 spiro atoms. The SMILES string of the molecule is NC1C(=O)Nc2ccc(F)c(F)c2OC12CCOCC2. The molecule has 0 bridgehead atoms. The van der Waals surface area contributed by atoms with Crippen LogP contribution in [-0.4, -0.2) is 30.8 Å². The van der Waals surface area contributed by atoms with Crippen LogP contribution in [0.1, 0.15) is 12.8 Å². The fourth-order valence-corrected chi connectivity index (χ4v) is 2.58. The van der Waals surface area contributed by atoms with Crippen molar-refractivity contribution in [1.29, 1.82) is 0 Å². The summed E-state index contributed by atoms with van der Waals surface area (Å²) in [6.07, 6.45) is 0.688. The Morgan fingerprint density at radius 2 is 2.00 bits per heavy atom. The lowest BCUT2D eigenvalue weighted by Gasteiger charge is -2.39. The fraction of sp³-hybridized carbons (Fsp3) is 0.462. The van der Waals surface area contributed by atoms with Crippen molar-refractivity contribution in [3.05, 3.63) is 23.8 Å². The first-order chi connectivity index (χ1) is 9.53. The molecule has 2 aliphatic heterocycles. The van der Waals surface area contributed by atoms with E-state index in [-0.39, 0.29) is 11.4 Å². The van der Waals surface area contributed by atoms with Gasteiger partial charge >= 0.3 is 0 Å². The van der Waals surface area contributed by atoms with Crippen molar-refractivity contribution in [1.82, 2.24) is 0 Å². The molecule has 0 saturated carbocycles. The van der Waals surface area contributed by atoms with Crippen molar-refractivity contribution >= 4 is 11.6 Å². The lowest BCUT2D eigenvalue weighted by molar-refractivity contribution is -0.126. The van der Waals surface area contributed by atoms with E-state index >= 15 is 0 Å². The minimum atomic E-state index is -1.12. The molecule has 1 aromatic rings. The van der Waals surface area contributed by atoms with Gasteiger partial charge in [-0.1, -0.05) is 0 Å². The second-order valence-corrected chi connectivity index (χ2v) is 4.98. The Morgan fingerprint density at radius 3 is 2.70 bits per heavy atom. The zero-order valence-corrected chi connectivity index (χ0v) is 10.6. The smallest absolute Gasteiger partial charge is 0.245 e. The highest BCUT2D eigenvalue weighted by Gasteiger charge is 2.47. The molecule has 0 radical (unpaired) electrons. The molecular formula is C13H14F2N2O3. The zero-order chi connectivity index (χ0) is 14.3. The summed E-state index contributed by atoms with van der Waals surface area (Å²) < 4.78 is 38.2. The molecule has 1 atom stereocenters. The standard InChI is InChI=1S/C13H14F2N2O3/c14-7-1-2-8-10(9(7)15)20-13(3-5-19-6-4-13)11(16)12(18)17-8/h1-2,11H,3-6,16H2,(H,17,18). The van der Waals surface area contributed by atoms with E-state index in [1.807, 2.05) is 0 Å². The summed E-state index contributed by atoms with van der Waals surface area (Å²) in [7, 11) is 0. The van der Waals surface area contributed by atoms with Gasteiger partial charge < -0.3 is 20.5 Å². The van der Waals surface area contributed by atoms with E-state index in [1.54, 1.807) is 0 Å². The number of fused-ring (bicyclic) bond motifs is 1. The quantitative estimate of drug-likeness (QED) is 0.750. The van der Waals surface area contributed by atoms with Gasteiger partial charge in [0.2, 0.25) is 11.7 Å². The highest BCUT2D eigenvalue weighted by atomic mass is 19.2. The highest BCUT2D eigenvalue weighted by molar-refractivity contribution is 5.97. The van der Waals surface area contributed by atoms with E-state index in [0.29, 0.717) is 26.1 Å². The van der Waals surface area contributed by atoms with Crippen LogP contribution in [0.2, 0.25) is 0 Å². The summed E-state index contributed by atoms with van der Waals surface area (Å²) in [5.74, 6) is -2.93. The molecule has 1 aromatic carbocycles. The third-order valence-electron chi connectivity index (χ3n) is 3.80. The first kappa shape index (κ1) is 13.3. The van der Waals surface area contributed by atoms with Crippen LogP contribution < -0.4 is 15.8 Å². The van der Waals surface area contributed by atoms with Gasteiger partial charge in [-0.3, -0.25) is 4.79 Å². The summed E-state index contributed by atoms with van der Waals surface area (Å²) in [4.78, 5) is 12.1. The van der Waals surface area contributed by atoms with Crippen LogP contribution in [0, 0.1) is 11.6 Å². The first-order valence-corrected chi connectivity index (χ1v) is 6.35. The van der Waals surface area contributed by atoms with Crippen LogP contribution in [0.3, 0.4) is 0 Å². The molecule has 0 aliphatic carbocycles. The number of carbonyl (C=O) groups excluding carboxylic acids is 1. The van der Waals surface area contributed by atoms with Crippen molar-refractivity contribution in [3.8, 4) is 5.75 Å². The molecule has 1 amide bonds. The summed E-state index contributed by atoms with van der Waals surface area (Å²) >= 11 is 0. The van der Waals surface area contributed by atoms with Crippen LogP contribution in [0.25, 0.3) is 0 Å². The Bertz CT molecular complexity index is 559. The number of rotatable bonds is 0. The predicted molar refractivity (Wildman–Crippen MR) is 66.4 cm³/mol. The van der Waals surface area contributed by atoms with E-state index in [2.05, 4.69) is 5.32 Å². The number of benzene rings is 1. The Kier molecular flexibility index (Phi) is 3.10. The van der Waals surface area contributed by atoms with Crippen LogP contribution in [-0.2, 0) is 9.53 Å². The molecule has 20 heavy (non-hydrogen) atoms. The van der Waals surface area contributed by atoms with Crippen LogP contribution in [0.5, 0.6) is 5.75 Å². The molecule has 0 aromatic heterocycles. The van der Waals surface area contributed by atoms with E-state index in [1.165, 1.54) is 6.07 Å². The Morgan fingerprint density at radius 1 is 1.30 bits per heavy atom. The van der Waals surface area contributed by atoms with Gasteiger partial charge in [0.05, 0.1) is 18.9 Å². The molecule has 108 valence electrons. The molecule has 7 heteroatoms. The van der Waals surface area contributed by atoms with E-state index < -0.39 is 29.2 Å². The molecule has 3 rings (SSSR count). The number of anilines is 1. The number of halogens is 2. The van der Waals surface area contributed by atoms with Gasteiger partial charge in [-0.05, 0) is 12.1 Å². The third-order valence-corrected chi connectivity index (χ3v) is 3.80. The van der Waals surface area contributed by atoms with E-state index in [4.69, 9.17) is 15.2 Å². The van der Waals surface area contributed by atoms with Crippen molar-refractivity contribution in [3.63, 3.8) is 0 Å². The Balaban J connectivity index is 2.10. The van der Waals surface area contributed by atoms with Gasteiger partial charge in [0.25, 0.3) is 0 Å². The average Bonchev–Trinajstić information content (AvgIpc) is 2.55. The van der Waals surface area contributed by atoms with Gasteiger partial charge in [0.15, 0.2) is 11.6 Å². The summed E-state index contributed by atoms with van der Waals surface area (Å²) in [6, 6.07) is 1.23. The summed E-state index contributed by atoms with van der Waals surface area (Å²) in [5, 5.41) is 2.48. The van der Waals surface area contributed by atoms with Gasteiger partial charge in [0.1, 0.15) is 11.6 Å². The van der Waals surface area contributed by atoms with Crippen molar-refractivity contribution in [2.75, 3.05) is 18.5 Å². The van der Waals surface area contributed by atoms with Gasteiger partial charge in [-0.25, -0.2) is 4.39 Å². The van der Waals surface area contributed by atoms with Gasteiger partial charge in [-0.2, -0.15) is 4.39 Å². The molecule has 1 fully saturated rings. The number of hydrogen-bond acceptors (Lipinski definition) is 4. The predicted octanol–water partition coefficient (Wildman–Crippen LogP) is 1.17. The number of ether oxygens (including phenoxy) is 2. The molecule has 1 unspecified atom stereocenters. The number of amides is 1. The van der Waals surface area contributed by atoms with Gasteiger partial charge in [0, 0.05) is 12.8 Å². The topological polar surface area (TPSA) is 73.6 Å². The zero-order valence-electron chi connectivity index (χ0n) is 10.6. The number of nitrogens with two attached hydrogens (primary N) is 1.